The third kappa shape index (κ3) is 5.27. The van der Waals surface area contributed by atoms with Crippen LogP contribution in [-0.2, 0) is 0 Å². The molecule has 7 aromatic carbocycles. The number of nitrogens with zero attached hydrogens (tertiary/aromatic N) is 6. The highest BCUT2D eigenvalue weighted by molar-refractivity contribution is 6.19. The largest absolute Gasteiger partial charge is 0.309 e. The zero-order chi connectivity index (χ0) is 37.0. The molecule has 0 saturated heterocycles. The van der Waals surface area contributed by atoms with E-state index in [1.54, 1.807) is 0 Å². The smallest absolute Gasteiger partial charge is 0.165 e. The van der Waals surface area contributed by atoms with E-state index in [0.717, 1.165) is 55.9 Å². The highest BCUT2D eigenvalue weighted by Crippen LogP contribution is 2.40. The Bertz CT molecular complexity index is 3220. The van der Waals surface area contributed by atoms with Gasteiger partial charge in [0, 0.05) is 61.4 Å². The molecule has 0 N–H and O–H groups in total. The monoisotopic (exact) mass is 716 g/mol. The van der Waals surface area contributed by atoms with Gasteiger partial charge in [0.1, 0.15) is 0 Å². The maximum Gasteiger partial charge on any atom is 0.165 e. The molecule has 0 fully saturated rings. The average Bonchev–Trinajstić information content (AvgIpc) is 3.78. The molecule has 0 saturated carbocycles. The highest BCUT2D eigenvalue weighted by Gasteiger charge is 2.19. The molecule has 0 amide bonds. The molecule has 0 aliphatic rings. The fourth-order valence-electron chi connectivity index (χ4n) is 8.00. The number of benzene rings is 7. The van der Waals surface area contributed by atoms with Crippen LogP contribution in [0.15, 0.2) is 194 Å². The molecule has 0 radical (unpaired) electrons. The Hall–Kier alpha value is -7.70. The van der Waals surface area contributed by atoms with E-state index in [9.17, 15) is 0 Å². The first-order valence-electron chi connectivity index (χ1n) is 18.7. The van der Waals surface area contributed by atoms with E-state index < -0.39 is 0 Å². The maximum absolute atomic E-state index is 5.08. The molecule has 56 heavy (non-hydrogen) atoms. The molecule has 262 valence electrons. The van der Waals surface area contributed by atoms with Crippen LogP contribution in [0.2, 0.25) is 0 Å². The first-order chi connectivity index (χ1) is 27.8. The third-order valence-electron chi connectivity index (χ3n) is 10.6. The number of hydrogen-bond donors (Lipinski definition) is 0. The molecular formula is C50H32N6. The number of para-hydroxylation sites is 3. The normalized spacial score (nSPS) is 11.6. The zero-order valence-electron chi connectivity index (χ0n) is 30.2. The zero-order valence-corrected chi connectivity index (χ0v) is 30.2. The van der Waals surface area contributed by atoms with Crippen LogP contribution in [0.1, 0.15) is 0 Å². The Morgan fingerprint density at radius 3 is 1.43 bits per heavy atom. The lowest BCUT2D eigenvalue weighted by atomic mass is 10.1. The van der Waals surface area contributed by atoms with Gasteiger partial charge in [0.05, 0.1) is 27.8 Å². The summed E-state index contributed by atoms with van der Waals surface area (Å²) >= 11 is 0. The standard InChI is InChI=1S/C50H32N6/c1-4-15-33(16-5-1)43-28-27-36(32-51-43)50-53-48(34-17-6-2-7-18-34)52-49(54-50)35-19-14-22-38(29-35)56-45-26-13-11-24-40(45)42-30-41-39-23-10-12-25-44(39)55(46(41)31-47(42)56)37-20-8-3-9-21-37/h1-32H. The molecule has 6 heteroatoms. The number of fused-ring (bicyclic) bond motifs is 6. The van der Waals surface area contributed by atoms with Crippen molar-refractivity contribution in [2.75, 3.05) is 0 Å². The minimum atomic E-state index is 0.569. The lowest BCUT2D eigenvalue weighted by Gasteiger charge is -2.12. The Balaban J connectivity index is 1.10. The van der Waals surface area contributed by atoms with Crippen LogP contribution in [0.25, 0.3) is 100 Å². The maximum atomic E-state index is 5.08. The fourth-order valence-corrected chi connectivity index (χ4v) is 8.00. The van der Waals surface area contributed by atoms with Gasteiger partial charge in [0.2, 0.25) is 0 Å². The summed E-state index contributed by atoms with van der Waals surface area (Å²) in [4.78, 5) is 19.9. The van der Waals surface area contributed by atoms with Crippen LogP contribution in [0.4, 0.5) is 0 Å². The van der Waals surface area contributed by atoms with Crippen molar-refractivity contribution in [1.29, 1.82) is 0 Å². The number of pyridine rings is 1. The van der Waals surface area contributed by atoms with Crippen molar-refractivity contribution in [1.82, 2.24) is 29.1 Å². The molecule has 0 unspecified atom stereocenters. The summed E-state index contributed by atoms with van der Waals surface area (Å²) in [5.74, 6) is 1.77. The SMILES string of the molecule is c1ccc(-c2ccc(-c3nc(-c4ccccc4)nc(-c4cccc(-n5c6ccccc6c6cc7c8ccccc8n(-c8ccccc8)c7cc65)c4)n3)cn2)cc1. The van der Waals surface area contributed by atoms with Crippen molar-refractivity contribution in [3.63, 3.8) is 0 Å². The summed E-state index contributed by atoms with van der Waals surface area (Å²) in [6.45, 7) is 0. The third-order valence-corrected chi connectivity index (χ3v) is 10.6. The molecule has 4 heterocycles. The van der Waals surface area contributed by atoms with Crippen LogP contribution < -0.4 is 0 Å². The highest BCUT2D eigenvalue weighted by atomic mass is 15.0. The molecule has 0 atom stereocenters. The van der Waals surface area contributed by atoms with E-state index in [0.29, 0.717) is 17.5 Å². The van der Waals surface area contributed by atoms with E-state index in [1.165, 1.54) is 27.1 Å². The predicted molar refractivity (Wildman–Crippen MR) is 228 cm³/mol. The van der Waals surface area contributed by atoms with Crippen molar-refractivity contribution in [3.8, 4) is 56.8 Å². The fraction of sp³-hybridized carbons (Fsp3) is 0. The van der Waals surface area contributed by atoms with Gasteiger partial charge in [-0.3, -0.25) is 4.98 Å². The second kappa shape index (κ2) is 13.0. The van der Waals surface area contributed by atoms with Crippen molar-refractivity contribution in [2.24, 2.45) is 0 Å². The summed E-state index contributed by atoms with van der Waals surface area (Å²) in [7, 11) is 0. The van der Waals surface area contributed by atoms with E-state index >= 15 is 0 Å². The van der Waals surface area contributed by atoms with Gasteiger partial charge in [0.15, 0.2) is 17.5 Å². The molecular weight excluding hydrogens is 685 g/mol. The van der Waals surface area contributed by atoms with Gasteiger partial charge in [-0.25, -0.2) is 15.0 Å². The summed E-state index contributed by atoms with van der Waals surface area (Å²) in [6, 6.07) is 65.5. The van der Waals surface area contributed by atoms with E-state index in [-0.39, 0.29) is 0 Å². The van der Waals surface area contributed by atoms with Crippen LogP contribution in [0.5, 0.6) is 0 Å². The first kappa shape index (κ1) is 31.8. The lowest BCUT2D eigenvalue weighted by molar-refractivity contribution is 1.07. The number of hydrogen-bond acceptors (Lipinski definition) is 4. The predicted octanol–water partition coefficient (Wildman–Crippen LogP) is 12.1. The van der Waals surface area contributed by atoms with Crippen molar-refractivity contribution < 1.29 is 0 Å². The van der Waals surface area contributed by atoms with Gasteiger partial charge in [-0.15, -0.1) is 0 Å². The second-order valence-corrected chi connectivity index (χ2v) is 13.9. The van der Waals surface area contributed by atoms with Gasteiger partial charge in [-0.2, -0.15) is 0 Å². The number of aromatic nitrogens is 6. The topological polar surface area (TPSA) is 61.4 Å². The Morgan fingerprint density at radius 2 is 0.804 bits per heavy atom. The van der Waals surface area contributed by atoms with Gasteiger partial charge >= 0.3 is 0 Å². The lowest BCUT2D eigenvalue weighted by Crippen LogP contribution is -2.01. The Kier molecular flexibility index (Phi) is 7.38. The molecule has 0 aliphatic heterocycles. The van der Waals surface area contributed by atoms with Crippen LogP contribution in [0.3, 0.4) is 0 Å². The quantitative estimate of drug-likeness (QED) is 0.172. The summed E-state index contributed by atoms with van der Waals surface area (Å²) in [5, 5.41) is 4.87. The average molecular weight is 717 g/mol. The Labute approximate surface area is 322 Å². The molecule has 0 spiro atoms. The van der Waals surface area contributed by atoms with Crippen molar-refractivity contribution in [3.05, 3.63) is 194 Å². The van der Waals surface area contributed by atoms with Crippen LogP contribution >= 0.6 is 0 Å². The summed E-state index contributed by atoms with van der Waals surface area (Å²) < 4.78 is 4.74. The Morgan fingerprint density at radius 1 is 0.304 bits per heavy atom. The van der Waals surface area contributed by atoms with Crippen molar-refractivity contribution >= 4 is 43.6 Å². The summed E-state index contributed by atoms with van der Waals surface area (Å²) in [5.41, 5.74) is 11.3. The second-order valence-electron chi connectivity index (χ2n) is 13.9. The number of rotatable bonds is 6. The minimum Gasteiger partial charge on any atom is -0.309 e. The van der Waals surface area contributed by atoms with E-state index in [4.69, 9.17) is 19.9 Å². The van der Waals surface area contributed by atoms with Gasteiger partial charge in [-0.05, 0) is 60.7 Å². The molecule has 4 aromatic heterocycles. The molecule has 6 nitrogen and oxygen atoms in total. The van der Waals surface area contributed by atoms with Gasteiger partial charge in [-0.1, -0.05) is 127 Å². The van der Waals surface area contributed by atoms with Gasteiger partial charge < -0.3 is 9.13 Å². The molecule has 0 bridgehead atoms. The van der Waals surface area contributed by atoms with Crippen LogP contribution in [0, 0.1) is 0 Å². The van der Waals surface area contributed by atoms with Gasteiger partial charge in [0.25, 0.3) is 0 Å². The molecule has 0 aliphatic carbocycles. The van der Waals surface area contributed by atoms with E-state index in [2.05, 4.69) is 137 Å². The molecule has 11 rings (SSSR count). The minimum absolute atomic E-state index is 0.569. The molecule has 11 aromatic rings. The van der Waals surface area contributed by atoms with Crippen LogP contribution in [-0.4, -0.2) is 29.1 Å². The summed E-state index contributed by atoms with van der Waals surface area (Å²) in [6.07, 6.45) is 1.85. The first-order valence-corrected chi connectivity index (χ1v) is 18.7. The van der Waals surface area contributed by atoms with Crippen molar-refractivity contribution in [2.45, 2.75) is 0 Å². The van der Waals surface area contributed by atoms with E-state index in [1.807, 2.05) is 66.9 Å².